The van der Waals surface area contributed by atoms with Gasteiger partial charge in [-0.05, 0) is 49.8 Å². The summed E-state index contributed by atoms with van der Waals surface area (Å²) in [6.45, 7) is 6.36. The van der Waals surface area contributed by atoms with E-state index >= 15 is 0 Å². The standard InChI is InChI=1S/C23H31N5O3/c1-14(2)11-20(29)25-17-12-19(21-24-15(3)26-27-21)28(13-17)22(30)23(9-10-23)16-5-7-18(31-4)8-6-16/h5-8,14,17,19H,9-13H2,1-4H3,(H,25,29)(H,24,26,27)/t17-,19-/m0/s1. The number of carbonyl (C=O) groups excluding carboxylic acids is 2. The summed E-state index contributed by atoms with van der Waals surface area (Å²) in [6, 6.07) is 7.40. The number of nitrogens with one attached hydrogen (secondary N) is 2. The van der Waals surface area contributed by atoms with Gasteiger partial charge in [-0.25, -0.2) is 4.98 Å². The molecule has 0 radical (unpaired) electrons. The number of amides is 2. The van der Waals surface area contributed by atoms with Crippen LogP contribution in [-0.2, 0) is 15.0 Å². The van der Waals surface area contributed by atoms with Gasteiger partial charge in [-0.3, -0.25) is 14.7 Å². The highest BCUT2D eigenvalue weighted by molar-refractivity contribution is 5.92. The number of rotatable bonds is 7. The smallest absolute Gasteiger partial charge is 0.233 e. The normalized spacial score (nSPS) is 21.9. The second-order valence-electron chi connectivity index (χ2n) is 9.16. The molecule has 2 heterocycles. The molecule has 2 N–H and O–H groups in total. The zero-order chi connectivity index (χ0) is 22.2. The molecule has 8 nitrogen and oxygen atoms in total. The molecule has 1 saturated carbocycles. The van der Waals surface area contributed by atoms with E-state index in [0.717, 1.165) is 24.2 Å². The minimum atomic E-state index is -0.507. The van der Waals surface area contributed by atoms with Crippen LogP contribution in [0.15, 0.2) is 24.3 Å². The first-order valence-corrected chi connectivity index (χ1v) is 11.0. The Labute approximate surface area is 182 Å². The van der Waals surface area contributed by atoms with Gasteiger partial charge in [0.05, 0.1) is 18.6 Å². The number of carbonyl (C=O) groups is 2. The summed E-state index contributed by atoms with van der Waals surface area (Å²) in [4.78, 5) is 32.5. The molecular weight excluding hydrogens is 394 g/mol. The summed E-state index contributed by atoms with van der Waals surface area (Å²) in [5.41, 5.74) is 0.502. The number of hydrogen-bond donors (Lipinski definition) is 2. The molecule has 8 heteroatoms. The van der Waals surface area contributed by atoms with E-state index in [-0.39, 0.29) is 29.8 Å². The maximum absolute atomic E-state index is 13.8. The average molecular weight is 426 g/mol. The van der Waals surface area contributed by atoms with Crippen molar-refractivity contribution in [3.05, 3.63) is 41.5 Å². The molecule has 2 aromatic rings. The van der Waals surface area contributed by atoms with Crippen LogP contribution in [0.1, 0.15) is 62.8 Å². The molecule has 0 bridgehead atoms. The van der Waals surface area contributed by atoms with Crippen LogP contribution in [0, 0.1) is 12.8 Å². The number of benzene rings is 1. The molecule has 2 atom stereocenters. The number of ether oxygens (including phenoxy) is 1. The molecule has 1 aromatic carbocycles. The number of nitrogens with zero attached hydrogens (tertiary/aromatic N) is 3. The quantitative estimate of drug-likeness (QED) is 0.710. The van der Waals surface area contributed by atoms with Gasteiger partial charge in [0.15, 0.2) is 5.82 Å². The fraction of sp³-hybridized carbons (Fsp3) is 0.565. The lowest BCUT2D eigenvalue weighted by Gasteiger charge is -2.28. The Kier molecular flexibility index (Phi) is 5.73. The second-order valence-corrected chi connectivity index (χ2v) is 9.16. The Morgan fingerprint density at radius 1 is 1.29 bits per heavy atom. The van der Waals surface area contributed by atoms with E-state index in [1.807, 2.05) is 49.9 Å². The van der Waals surface area contributed by atoms with E-state index in [2.05, 4.69) is 20.5 Å². The predicted octanol–water partition coefficient (Wildman–Crippen LogP) is 2.66. The van der Waals surface area contributed by atoms with Crippen LogP contribution in [0.5, 0.6) is 5.75 Å². The number of H-pyrrole nitrogens is 1. The molecule has 166 valence electrons. The van der Waals surface area contributed by atoms with Gasteiger partial charge in [-0.2, -0.15) is 5.10 Å². The van der Waals surface area contributed by atoms with Crippen LogP contribution < -0.4 is 10.1 Å². The van der Waals surface area contributed by atoms with Crippen molar-refractivity contribution in [1.82, 2.24) is 25.4 Å². The van der Waals surface area contributed by atoms with Crippen molar-refractivity contribution in [2.45, 2.75) is 64.0 Å². The summed E-state index contributed by atoms with van der Waals surface area (Å²) >= 11 is 0. The van der Waals surface area contributed by atoms with Crippen LogP contribution in [0.25, 0.3) is 0 Å². The van der Waals surface area contributed by atoms with Gasteiger partial charge in [0.1, 0.15) is 11.6 Å². The van der Waals surface area contributed by atoms with Crippen LogP contribution in [-0.4, -0.2) is 51.6 Å². The maximum Gasteiger partial charge on any atom is 0.233 e. The van der Waals surface area contributed by atoms with Crippen molar-refractivity contribution >= 4 is 11.8 Å². The molecule has 0 unspecified atom stereocenters. The molecule has 1 saturated heterocycles. The minimum Gasteiger partial charge on any atom is -0.497 e. The lowest BCUT2D eigenvalue weighted by Crippen LogP contribution is -2.42. The first kappa shape index (κ1) is 21.3. The van der Waals surface area contributed by atoms with Gasteiger partial charge in [0, 0.05) is 19.0 Å². The highest BCUT2D eigenvalue weighted by atomic mass is 16.5. The summed E-state index contributed by atoms with van der Waals surface area (Å²) in [6.07, 6.45) is 2.73. The fourth-order valence-electron chi connectivity index (χ4n) is 4.51. The summed E-state index contributed by atoms with van der Waals surface area (Å²) in [5.74, 6) is 2.50. The van der Waals surface area contributed by atoms with Crippen LogP contribution >= 0.6 is 0 Å². The monoisotopic (exact) mass is 425 g/mol. The lowest BCUT2D eigenvalue weighted by atomic mass is 9.94. The van der Waals surface area contributed by atoms with E-state index in [1.54, 1.807) is 7.11 Å². The summed E-state index contributed by atoms with van der Waals surface area (Å²) < 4.78 is 5.26. The molecule has 0 spiro atoms. The lowest BCUT2D eigenvalue weighted by molar-refractivity contribution is -0.135. The van der Waals surface area contributed by atoms with Crippen molar-refractivity contribution in [3.8, 4) is 5.75 Å². The van der Waals surface area contributed by atoms with Gasteiger partial charge in [-0.1, -0.05) is 26.0 Å². The van der Waals surface area contributed by atoms with Crippen molar-refractivity contribution in [3.63, 3.8) is 0 Å². The summed E-state index contributed by atoms with van der Waals surface area (Å²) in [7, 11) is 1.63. The predicted molar refractivity (Wildman–Crippen MR) is 115 cm³/mol. The van der Waals surface area contributed by atoms with E-state index in [9.17, 15) is 9.59 Å². The SMILES string of the molecule is COc1ccc(C2(C(=O)N3C[C@@H](NC(=O)CC(C)C)C[C@H]3c3n[nH]c(C)n3)CC2)cc1. The number of aromatic nitrogens is 3. The number of methoxy groups -OCH3 is 1. The molecular formula is C23H31N5O3. The Hall–Kier alpha value is -2.90. The zero-order valence-electron chi connectivity index (χ0n) is 18.6. The van der Waals surface area contributed by atoms with Crippen LogP contribution in [0.4, 0.5) is 0 Å². The molecule has 1 aliphatic carbocycles. The van der Waals surface area contributed by atoms with Crippen molar-refractivity contribution in [2.75, 3.05) is 13.7 Å². The zero-order valence-corrected chi connectivity index (χ0v) is 18.6. The fourth-order valence-corrected chi connectivity index (χ4v) is 4.51. The van der Waals surface area contributed by atoms with Gasteiger partial charge >= 0.3 is 0 Å². The Morgan fingerprint density at radius 2 is 2.00 bits per heavy atom. The maximum atomic E-state index is 13.8. The second kappa shape index (κ2) is 8.32. The van der Waals surface area contributed by atoms with E-state index in [4.69, 9.17) is 4.74 Å². The van der Waals surface area contributed by atoms with E-state index < -0.39 is 5.41 Å². The minimum absolute atomic E-state index is 0.0236. The van der Waals surface area contributed by atoms with Gasteiger partial charge in [0.25, 0.3) is 0 Å². The molecule has 1 aromatic heterocycles. The number of hydrogen-bond acceptors (Lipinski definition) is 5. The molecule has 1 aliphatic heterocycles. The number of likely N-dealkylation sites (tertiary alicyclic amines) is 1. The largest absolute Gasteiger partial charge is 0.497 e. The van der Waals surface area contributed by atoms with E-state index in [1.165, 1.54) is 0 Å². The average Bonchev–Trinajstić information content (AvgIpc) is 3.27. The number of aryl methyl sites for hydroxylation is 1. The van der Waals surface area contributed by atoms with Crippen molar-refractivity contribution in [2.24, 2.45) is 5.92 Å². The van der Waals surface area contributed by atoms with Gasteiger partial charge in [0.2, 0.25) is 11.8 Å². The third-order valence-corrected chi connectivity index (χ3v) is 6.24. The third kappa shape index (κ3) is 4.29. The highest BCUT2D eigenvalue weighted by Crippen LogP contribution is 2.51. The van der Waals surface area contributed by atoms with Crippen molar-refractivity contribution in [1.29, 1.82) is 0 Å². The molecule has 31 heavy (non-hydrogen) atoms. The Balaban J connectivity index is 1.57. The number of aromatic amines is 1. The molecule has 2 fully saturated rings. The van der Waals surface area contributed by atoms with Crippen LogP contribution in [0.3, 0.4) is 0 Å². The van der Waals surface area contributed by atoms with Crippen molar-refractivity contribution < 1.29 is 14.3 Å². The third-order valence-electron chi connectivity index (χ3n) is 6.24. The topological polar surface area (TPSA) is 100 Å². The first-order valence-electron chi connectivity index (χ1n) is 11.0. The first-order chi connectivity index (χ1) is 14.8. The van der Waals surface area contributed by atoms with Gasteiger partial charge < -0.3 is 15.0 Å². The molecule has 2 amide bonds. The van der Waals surface area contributed by atoms with E-state index in [0.29, 0.717) is 31.0 Å². The Bertz CT molecular complexity index is 948. The van der Waals surface area contributed by atoms with Gasteiger partial charge in [-0.15, -0.1) is 0 Å². The molecule has 2 aliphatic rings. The highest BCUT2D eigenvalue weighted by Gasteiger charge is 2.55. The molecule has 4 rings (SSSR count). The Morgan fingerprint density at radius 3 is 2.55 bits per heavy atom. The summed E-state index contributed by atoms with van der Waals surface area (Å²) in [5, 5.41) is 10.3. The van der Waals surface area contributed by atoms with Crippen LogP contribution in [0.2, 0.25) is 0 Å².